The van der Waals surface area contributed by atoms with Crippen molar-refractivity contribution in [2.24, 2.45) is 0 Å². The average Bonchev–Trinajstić information content (AvgIpc) is 2.96. The van der Waals surface area contributed by atoms with Crippen LogP contribution >= 0.6 is 23.2 Å². The van der Waals surface area contributed by atoms with Crippen molar-refractivity contribution in [1.29, 1.82) is 0 Å². The summed E-state index contributed by atoms with van der Waals surface area (Å²) in [5.74, 6) is -0.495. The number of amides is 2. The van der Waals surface area contributed by atoms with Gasteiger partial charge in [-0.3, -0.25) is 13.9 Å². The first-order valence-electron chi connectivity index (χ1n) is 14.5. The predicted molar refractivity (Wildman–Crippen MR) is 176 cm³/mol. The molecule has 0 bridgehead atoms. The number of carbonyl (C=O) groups is 2. The molecule has 0 saturated carbocycles. The zero-order valence-corrected chi connectivity index (χ0v) is 27.6. The Bertz CT molecular complexity index is 1500. The molecule has 0 aliphatic heterocycles. The Morgan fingerprint density at radius 1 is 0.907 bits per heavy atom. The van der Waals surface area contributed by atoms with Crippen molar-refractivity contribution in [2.45, 2.75) is 65.5 Å². The minimum absolute atomic E-state index is 0.0474. The van der Waals surface area contributed by atoms with E-state index in [0.717, 1.165) is 35.1 Å². The van der Waals surface area contributed by atoms with Crippen molar-refractivity contribution in [3.05, 3.63) is 99.0 Å². The highest BCUT2D eigenvalue weighted by Gasteiger charge is 2.30. The number of carbonyl (C=O) groups excluding carboxylic acids is 2. The van der Waals surface area contributed by atoms with Crippen LogP contribution in [0.3, 0.4) is 0 Å². The monoisotopic (exact) mass is 645 g/mol. The number of sulfonamides is 1. The lowest BCUT2D eigenvalue weighted by Crippen LogP contribution is -2.50. The number of nitrogens with one attached hydrogen (secondary N) is 1. The smallest absolute Gasteiger partial charge is 0.243 e. The van der Waals surface area contributed by atoms with E-state index in [1.165, 1.54) is 10.6 Å². The lowest BCUT2D eigenvalue weighted by molar-refractivity contribution is -0.141. The van der Waals surface area contributed by atoms with E-state index in [0.29, 0.717) is 28.7 Å². The molecule has 0 aliphatic carbocycles. The zero-order valence-electron chi connectivity index (χ0n) is 25.3. The van der Waals surface area contributed by atoms with Crippen LogP contribution in [0.5, 0.6) is 0 Å². The maximum atomic E-state index is 14.0. The van der Waals surface area contributed by atoms with Crippen molar-refractivity contribution < 1.29 is 18.0 Å². The van der Waals surface area contributed by atoms with E-state index in [4.69, 9.17) is 23.2 Å². The van der Waals surface area contributed by atoms with Gasteiger partial charge in [0, 0.05) is 32.5 Å². The minimum Gasteiger partial charge on any atom is -0.354 e. The fourth-order valence-electron chi connectivity index (χ4n) is 4.88. The number of hydrogen-bond donors (Lipinski definition) is 1. The average molecular weight is 647 g/mol. The highest BCUT2D eigenvalue weighted by atomic mass is 35.5. The van der Waals surface area contributed by atoms with E-state index in [1.54, 1.807) is 29.2 Å². The third-order valence-electron chi connectivity index (χ3n) is 7.43. The van der Waals surface area contributed by atoms with E-state index >= 15 is 0 Å². The van der Waals surface area contributed by atoms with Gasteiger partial charge in [-0.15, -0.1) is 0 Å². The number of hydrogen-bond acceptors (Lipinski definition) is 4. The molecule has 3 aromatic carbocycles. The van der Waals surface area contributed by atoms with E-state index in [1.807, 2.05) is 63.2 Å². The Labute approximate surface area is 266 Å². The van der Waals surface area contributed by atoms with Crippen LogP contribution < -0.4 is 9.62 Å². The molecule has 1 atom stereocenters. The molecule has 0 saturated heterocycles. The fourth-order valence-corrected chi connectivity index (χ4v) is 6.22. The van der Waals surface area contributed by atoms with Gasteiger partial charge in [-0.05, 0) is 67.1 Å². The molecule has 0 spiro atoms. The van der Waals surface area contributed by atoms with Crippen LogP contribution in [0, 0.1) is 13.8 Å². The van der Waals surface area contributed by atoms with Gasteiger partial charge in [0.25, 0.3) is 0 Å². The largest absolute Gasteiger partial charge is 0.354 e. The Balaban J connectivity index is 1.91. The zero-order chi connectivity index (χ0) is 31.6. The van der Waals surface area contributed by atoms with Gasteiger partial charge in [0.15, 0.2) is 0 Å². The number of aryl methyl sites for hydroxylation is 1. The van der Waals surface area contributed by atoms with Gasteiger partial charge in [-0.1, -0.05) is 85.1 Å². The normalized spacial score (nSPS) is 12.0. The first-order valence-corrected chi connectivity index (χ1v) is 17.1. The third kappa shape index (κ3) is 9.98. The SMILES string of the molecule is CCCCNC(=O)[C@H](Cc1ccccc1)N(Cc1ccc(Cl)c(Cl)c1)C(=O)CCCN(c1cccc(C)c1C)S(C)(=O)=O. The van der Waals surface area contributed by atoms with E-state index in [2.05, 4.69) is 5.32 Å². The van der Waals surface area contributed by atoms with Crippen molar-refractivity contribution in [3.8, 4) is 0 Å². The molecule has 1 N–H and O–H groups in total. The van der Waals surface area contributed by atoms with Gasteiger partial charge >= 0.3 is 0 Å². The molecule has 232 valence electrons. The van der Waals surface area contributed by atoms with Crippen molar-refractivity contribution >= 4 is 50.7 Å². The molecule has 0 fully saturated rings. The topological polar surface area (TPSA) is 86.8 Å². The Morgan fingerprint density at radius 3 is 2.28 bits per heavy atom. The van der Waals surface area contributed by atoms with Gasteiger partial charge in [0.05, 0.1) is 22.0 Å². The highest BCUT2D eigenvalue weighted by Crippen LogP contribution is 2.27. The molecule has 7 nitrogen and oxygen atoms in total. The molecule has 3 rings (SSSR count). The van der Waals surface area contributed by atoms with Crippen LogP contribution in [0.1, 0.15) is 54.9 Å². The maximum absolute atomic E-state index is 14.0. The molecule has 10 heteroatoms. The second-order valence-corrected chi connectivity index (χ2v) is 13.5. The summed E-state index contributed by atoms with van der Waals surface area (Å²) in [4.78, 5) is 29.2. The van der Waals surface area contributed by atoms with Gasteiger partial charge in [0.2, 0.25) is 21.8 Å². The van der Waals surface area contributed by atoms with Gasteiger partial charge in [-0.2, -0.15) is 0 Å². The van der Waals surface area contributed by atoms with Gasteiger partial charge in [0.1, 0.15) is 6.04 Å². The summed E-state index contributed by atoms with van der Waals surface area (Å²) in [5, 5.41) is 3.76. The maximum Gasteiger partial charge on any atom is 0.243 e. The molecule has 43 heavy (non-hydrogen) atoms. The summed E-state index contributed by atoms with van der Waals surface area (Å²) in [6.07, 6.45) is 3.56. The minimum atomic E-state index is -3.60. The third-order valence-corrected chi connectivity index (χ3v) is 9.35. The van der Waals surface area contributed by atoms with Crippen LogP contribution in [0.2, 0.25) is 10.0 Å². The first-order chi connectivity index (χ1) is 20.4. The van der Waals surface area contributed by atoms with Crippen LogP contribution in [0.25, 0.3) is 0 Å². The second kappa shape index (κ2) is 16.1. The molecule has 0 heterocycles. The second-order valence-electron chi connectivity index (χ2n) is 10.8. The number of benzene rings is 3. The summed E-state index contributed by atoms with van der Waals surface area (Å²) in [7, 11) is -3.60. The van der Waals surface area contributed by atoms with Crippen LogP contribution in [-0.2, 0) is 32.6 Å². The van der Waals surface area contributed by atoms with Crippen LogP contribution in [0.4, 0.5) is 5.69 Å². The van der Waals surface area contributed by atoms with Crippen molar-refractivity contribution in [1.82, 2.24) is 10.2 Å². The molecular formula is C33H41Cl2N3O4S. The lowest BCUT2D eigenvalue weighted by Gasteiger charge is -2.32. The van der Waals surface area contributed by atoms with Crippen LogP contribution in [-0.4, -0.2) is 50.5 Å². The summed E-state index contributed by atoms with van der Waals surface area (Å²) in [6.45, 7) is 6.64. The number of anilines is 1. The molecule has 2 amide bonds. The van der Waals surface area contributed by atoms with Crippen molar-refractivity contribution in [2.75, 3.05) is 23.7 Å². The lowest BCUT2D eigenvalue weighted by atomic mass is 10.0. The number of unbranched alkanes of at least 4 members (excludes halogenated alkanes) is 1. The molecule has 0 aromatic heterocycles. The Kier molecular flexibility index (Phi) is 12.9. The highest BCUT2D eigenvalue weighted by molar-refractivity contribution is 7.92. The summed E-state index contributed by atoms with van der Waals surface area (Å²) in [5.41, 5.74) is 4.10. The van der Waals surface area contributed by atoms with E-state index in [-0.39, 0.29) is 37.7 Å². The Morgan fingerprint density at radius 2 is 1.63 bits per heavy atom. The standard InChI is InChI=1S/C33H41Cl2N3O4S/c1-5-6-19-36-33(40)31(22-26-13-8-7-9-14-26)37(23-27-17-18-28(34)29(35)21-27)32(39)16-11-20-38(43(4,41)42)30-15-10-12-24(2)25(30)3/h7-10,12-15,17-18,21,31H,5-6,11,16,19-20,22-23H2,1-4H3,(H,36,40)/t31-/m0/s1. The van der Waals surface area contributed by atoms with Gasteiger partial charge < -0.3 is 10.2 Å². The molecule has 3 aromatic rings. The predicted octanol–water partition coefficient (Wildman–Crippen LogP) is 6.71. The first kappa shape index (κ1) is 34.4. The van der Waals surface area contributed by atoms with Crippen LogP contribution in [0.15, 0.2) is 66.7 Å². The van der Waals surface area contributed by atoms with E-state index < -0.39 is 16.1 Å². The molecular weight excluding hydrogens is 605 g/mol. The number of nitrogens with zero attached hydrogens (tertiary/aromatic N) is 2. The number of halogens is 2. The quantitative estimate of drug-likeness (QED) is 0.186. The molecule has 0 aliphatic rings. The molecule has 0 unspecified atom stereocenters. The summed E-state index contributed by atoms with van der Waals surface area (Å²) < 4.78 is 26.9. The number of rotatable bonds is 15. The summed E-state index contributed by atoms with van der Waals surface area (Å²) >= 11 is 12.4. The molecule has 0 radical (unpaired) electrons. The van der Waals surface area contributed by atoms with Gasteiger partial charge in [-0.25, -0.2) is 8.42 Å². The van der Waals surface area contributed by atoms with Crippen molar-refractivity contribution in [3.63, 3.8) is 0 Å². The Hall–Kier alpha value is -3.07. The summed E-state index contributed by atoms with van der Waals surface area (Å²) in [6, 6.07) is 19.5. The fraction of sp³-hybridized carbons (Fsp3) is 0.394. The van der Waals surface area contributed by atoms with E-state index in [9.17, 15) is 18.0 Å².